The van der Waals surface area contributed by atoms with E-state index in [-0.39, 0.29) is 0 Å². The number of carbonyl (C=O) groups is 1. The van der Waals surface area contributed by atoms with Crippen LogP contribution in [-0.2, 0) is 9.53 Å². The quantitative estimate of drug-likeness (QED) is 0.789. The SMILES string of the molecule is CCOC=O.Cc1cc(C)c2cc[nH]c2c1. The summed E-state index contributed by atoms with van der Waals surface area (Å²) >= 11 is 0. The van der Waals surface area contributed by atoms with E-state index in [1.165, 1.54) is 22.0 Å². The van der Waals surface area contributed by atoms with Crippen LogP contribution < -0.4 is 0 Å². The Bertz CT molecular complexity index is 460. The van der Waals surface area contributed by atoms with Gasteiger partial charge in [-0.05, 0) is 44.0 Å². The lowest BCUT2D eigenvalue weighted by atomic mass is 10.1. The van der Waals surface area contributed by atoms with E-state index >= 15 is 0 Å². The number of aromatic nitrogens is 1. The van der Waals surface area contributed by atoms with Crippen LogP contribution in [0.25, 0.3) is 10.9 Å². The van der Waals surface area contributed by atoms with Crippen molar-refractivity contribution in [3.05, 3.63) is 35.5 Å². The molecule has 0 bridgehead atoms. The maximum atomic E-state index is 9.18. The van der Waals surface area contributed by atoms with Crippen molar-refractivity contribution in [2.45, 2.75) is 20.8 Å². The molecule has 16 heavy (non-hydrogen) atoms. The topological polar surface area (TPSA) is 42.1 Å². The van der Waals surface area contributed by atoms with Crippen LogP contribution in [0.1, 0.15) is 18.1 Å². The van der Waals surface area contributed by atoms with Gasteiger partial charge in [0.15, 0.2) is 0 Å². The van der Waals surface area contributed by atoms with Crippen molar-refractivity contribution >= 4 is 17.4 Å². The highest BCUT2D eigenvalue weighted by molar-refractivity contribution is 5.83. The fraction of sp³-hybridized carbons (Fsp3) is 0.308. The van der Waals surface area contributed by atoms with Crippen LogP contribution in [0.5, 0.6) is 0 Å². The van der Waals surface area contributed by atoms with Gasteiger partial charge in [0.25, 0.3) is 6.47 Å². The van der Waals surface area contributed by atoms with Crippen molar-refractivity contribution in [1.29, 1.82) is 0 Å². The van der Waals surface area contributed by atoms with E-state index in [0.29, 0.717) is 13.1 Å². The number of H-pyrrole nitrogens is 1. The standard InChI is InChI=1S/C10H11N.C3H6O2/c1-7-5-8(2)9-3-4-11-10(9)6-7;1-2-5-3-4/h3-6,11H,1-2H3;3H,2H2,1H3. The average molecular weight is 219 g/mol. The molecular weight excluding hydrogens is 202 g/mol. The van der Waals surface area contributed by atoms with E-state index in [2.05, 4.69) is 41.8 Å². The molecule has 0 radical (unpaired) electrons. The van der Waals surface area contributed by atoms with Crippen molar-refractivity contribution in [2.24, 2.45) is 0 Å². The Balaban J connectivity index is 0.000000221. The molecule has 0 aliphatic rings. The maximum absolute atomic E-state index is 9.18. The van der Waals surface area contributed by atoms with Crippen LogP contribution >= 0.6 is 0 Å². The highest BCUT2D eigenvalue weighted by Gasteiger charge is 1.97. The van der Waals surface area contributed by atoms with E-state index in [9.17, 15) is 4.79 Å². The van der Waals surface area contributed by atoms with E-state index < -0.39 is 0 Å². The van der Waals surface area contributed by atoms with E-state index in [0.717, 1.165) is 0 Å². The summed E-state index contributed by atoms with van der Waals surface area (Å²) < 4.78 is 4.15. The van der Waals surface area contributed by atoms with Crippen LogP contribution in [0.2, 0.25) is 0 Å². The molecule has 0 aliphatic carbocycles. The molecule has 0 atom stereocenters. The number of hydrogen-bond acceptors (Lipinski definition) is 2. The van der Waals surface area contributed by atoms with Crippen LogP contribution in [0.3, 0.4) is 0 Å². The second kappa shape index (κ2) is 5.95. The fourth-order valence-corrected chi connectivity index (χ4v) is 1.60. The number of fused-ring (bicyclic) bond motifs is 1. The second-order valence-corrected chi connectivity index (χ2v) is 3.57. The molecule has 1 aromatic heterocycles. The number of carbonyl (C=O) groups excluding carboxylic acids is 1. The number of benzene rings is 1. The second-order valence-electron chi connectivity index (χ2n) is 3.57. The molecule has 2 rings (SSSR count). The van der Waals surface area contributed by atoms with Crippen LogP contribution in [0.4, 0.5) is 0 Å². The Morgan fingerprint density at radius 1 is 1.38 bits per heavy atom. The number of ether oxygens (including phenoxy) is 1. The highest BCUT2D eigenvalue weighted by Crippen LogP contribution is 2.18. The first kappa shape index (κ1) is 12.3. The van der Waals surface area contributed by atoms with Crippen LogP contribution in [0, 0.1) is 13.8 Å². The average Bonchev–Trinajstić information content (AvgIpc) is 2.68. The van der Waals surface area contributed by atoms with Gasteiger partial charge in [-0.25, -0.2) is 0 Å². The van der Waals surface area contributed by atoms with E-state index in [1.54, 1.807) is 6.92 Å². The van der Waals surface area contributed by atoms with Gasteiger partial charge < -0.3 is 9.72 Å². The molecular formula is C13H17NO2. The molecule has 1 heterocycles. The van der Waals surface area contributed by atoms with Crippen molar-refractivity contribution in [3.8, 4) is 0 Å². The summed E-state index contributed by atoms with van der Waals surface area (Å²) in [5.74, 6) is 0. The van der Waals surface area contributed by atoms with Gasteiger partial charge in [-0.3, -0.25) is 4.79 Å². The summed E-state index contributed by atoms with van der Waals surface area (Å²) in [6, 6.07) is 6.49. The molecule has 0 saturated carbocycles. The van der Waals surface area contributed by atoms with Crippen molar-refractivity contribution in [1.82, 2.24) is 4.98 Å². The van der Waals surface area contributed by atoms with Gasteiger partial charge in [-0.1, -0.05) is 6.07 Å². The predicted octanol–water partition coefficient (Wildman–Crippen LogP) is 2.96. The first-order valence-corrected chi connectivity index (χ1v) is 5.28. The third-order valence-corrected chi connectivity index (χ3v) is 2.25. The Hall–Kier alpha value is -1.77. The first-order chi connectivity index (χ1) is 7.69. The van der Waals surface area contributed by atoms with Gasteiger partial charge in [0.1, 0.15) is 0 Å². The zero-order valence-electron chi connectivity index (χ0n) is 9.91. The first-order valence-electron chi connectivity index (χ1n) is 5.28. The van der Waals surface area contributed by atoms with Gasteiger partial charge in [0, 0.05) is 17.1 Å². The molecule has 1 N–H and O–H groups in total. The highest BCUT2D eigenvalue weighted by atomic mass is 16.5. The molecule has 0 fully saturated rings. The lowest BCUT2D eigenvalue weighted by Gasteiger charge is -1.97. The molecule has 0 unspecified atom stereocenters. The lowest BCUT2D eigenvalue weighted by Crippen LogP contribution is -1.80. The predicted molar refractivity (Wildman–Crippen MR) is 65.5 cm³/mol. The zero-order valence-corrected chi connectivity index (χ0v) is 9.91. The van der Waals surface area contributed by atoms with E-state index in [4.69, 9.17) is 0 Å². The molecule has 0 aliphatic heterocycles. The Morgan fingerprint density at radius 3 is 2.69 bits per heavy atom. The number of aromatic amines is 1. The van der Waals surface area contributed by atoms with Crippen LogP contribution in [0.15, 0.2) is 24.4 Å². The Kier molecular flexibility index (Phi) is 4.58. The smallest absolute Gasteiger partial charge is 0.293 e. The zero-order chi connectivity index (χ0) is 12.0. The largest absolute Gasteiger partial charge is 0.468 e. The van der Waals surface area contributed by atoms with Gasteiger partial charge in [-0.2, -0.15) is 0 Å². The van der Waals surface area contributed by atoms with E-state index in [1.807, 2.05) is 6.20 Å². The summed E-state index contributed by atoms with van der Waals surface area (Å²) in [5.41, 5.74) is 3.90. The molecule has 2 aromatic rings. The normalized spacial score (nSPS) is 9.44. The molecule has 3 heteroatoms. The lowest BCUT2D eigenvalue weighted by molar-refractivity contribution is -0.128. The van der Waals surface area contributed by atoms with Crippen molar-refractivity contribution in [3.63, 3.8) is 0 Å². The van der Waals surface area contributed by atoms with Crippen LogP contribution in [-0.4, -0.2) is 18.1 Å². The van der Waals surface area contributed by atoms with Crippen molar-refractivity contribution in [2.75, 3.05) is 6.61 Å². The minimum absolute atomic E-state index is 0.431. The molecule has 86 valence electrons. The molecule has 0 spiro atoms. The number of hydrogen-bond donors (Lipinski definition) is 1. The molecule has 0 saturated heterocycles. The third-order valence-electron chi connectivity index (χ3n) is 2.25. The fourth-order valence-electron chi connectivity index (χ4n) is 1.60. The Labute approximate surface area is 95.4 Å². The maximum Gasteiger partial charge on any atom is 0.293 e. The van der Waals surface area contributed by atoms with Gasteiger partial charge in [-0.15, -0.1) is 0 Å². The summed E-state index contributed by atoms with van der Waals surface area (Å²) in [6.45, 7) is 6.92. The minimum Gasteiger partial charge on any atom is -0.468 e. The number of nitrogens with one attached hydrogen (secondary N) is 1. The third kappa shape index (κ3) is 3.12. The molecule has 1 aromatic carbocycles. The number of aryl methyl sites for hydroxylation is 2. The molecule has 3 nitrogen and oxygen atoms in total. The van der Waals surface area contributed by atoms with Gasteiger partial charge in [0.05, 0.1) is 6.61 Å². The van der Waals surface area contributed by atoms with Crippen molar-refractivity contribution < 1.29 is 9.53 Å². The summed E-state index contributed by atoms with van der Waals surface area (Å²) in [5, 5.41) is 1.33. The minimum atomic E-state index is 0.431. The molecule has 0 amide bonds. The monoisotopic (exact) mass is 219 g/mol. The summed E-state index contributed by atoms with van der Waals surface area (Å²) in [4.78, 5) is 12.4. The Morgan fingerprint density at radius 2 is 2.12 bits per heavy atom. The number of rotatable bonds is 2. The summed E-state index contributed by atoms with van der Waals surface area (Å²) in [7, 11) is 0. The van der Waals surface area contributed by atoms with Gasteiger partial charge in [0.2, 0.25) is 0 Å². The van der Waals surface area contributed by atoms with Gasteiger partial charge >= 0.3 is 0 Å². The summed E-state index contributed by atoms with van der Waals surface area (Å²) in [6.07, 6.45) is 1.98.